The number of anilines is 1. The van der Waals surface area contributed by atoms with Crippen LogP contribution in [0.5, 0.6) is 0 Å². The summed E-state index contributed by atoms with van der Waals surface area (Å²) in [4.78, 5) is 36.2. The monoisotopic (exact) mass is 453 g/mol. The number of hydrogen-bond acceptors (Lipinski definition) is 5. The average molecular weight is 454 g/mol. The molecule has 8 heteroatoms. The predicted octanol–water partition coefficient (Wildman–Crippen LogP) is 4.25. The first kappa shape index (κ1) is 24.1. The van der Waals surface area contributed by atoms with Gasteiger partial charge in [-0.1, -0.05) is 51.1 Å². The molecule has 2 atom stereocenters. The second-order valence-electron chi connectivity index (χ2n) is 9.28. The molecule has 0 aromatic heterocycles. The zero-order chi connectivity index (χ0) is 24.2. The standard InChI is InChI=1S/C25H31N3O5/c1-15(27-24(31)33-14-25(2,3)4)22(29)28-16-10-11-19-17-8-6-7-9-18(17)21(20(19)12-16)13-32-23(30)26-5/h6-12,15,21H,13-14H2,1-5H3,(H,26,30)(H,27,31)(H,28,29). The van der Waals surface area contributed by atoms with Crippen molar-refractivity contribution in [3.05, 3.63) is 53.6 Å². The summed E-state index contributed by atoms with van der Waals surface area (Å²) in [6, 6.07) is 12.8. The fourth-order valence-corrected chi connectivity index (χ4v) is 3.62. The van der Waals surface area contributed by atoms with Gasteiger partial charge in [0.1, 0.15) is 12.6 Å². The molecule has 0 radical (unpaired) electrons. The molecule has 0 fully saturated rings. The van der Waals surface area contributed by atoms with Crippen molar-refractivity contribution in [2.24, 2.45) is 5.41 Å². The number of benzene rings is 2. The number of amides is 3. The molecule has 2 aromatic rings. The zero-order valence-electron chi connectivity index (χ0n) is 19.7. The van der Waals surface area contributed by atoms with E-state index in [1.807, 2.05) is 63.2 Å². The Balaban J connectivity index is 1.71. The van der Waals surface area contributed by atoms with Crippen LogP contribution >= 0.6 is 0 Å². The summed E-state index contributed by atoms with van der Waals surface area (Å²) in [5.74, 6) is -0.510. The largest absolute Gasteiger partial charge is 0.449 e. The second-order valence-corrected chi connectivity index (χ2v) is 9.28. The number of carbonyl (C=O) groups is 3. The molecule has 1 aliphatic rings. The molecule has 3 amide bonds. The third-order valence-corrected chi connectivity index (χ3v) is 5.27. The van der Waals surface area contributed by atoms with Crippen LogP contribution in [0, 0.1) is 5.41 Å². The number of fused-ring (bicyclic) bond motifs is 3. The van der Waals surface area contributed by atoms with Crippen LogP contribution in [-0.4, -0.2) is 44.4 Å². The van der Waals surface area contributed by atoms with Gasteiger partial charge in [0.25, 0.3) is 0 Å². The van der Waals surface area contributed by atoms with Crippen molar-refractivity contribution >= 4 is 23.8 Å². The number of ether oxygens (including phenoxy) is 2. The number of alkyl carbamates (subject to hydrolysis) is 2. The van der Waals surface area contributed by atoms with Crippen LogP contribution in [0.3, 0.4) is 0 Å². The zero-order valence-corrected chi connectivity index (χ0v) is 19.7. The van der Waals surface area contributed by atoms with Crippen LogP contribution < -0.4 is 16.0 Å². The molecule has 1 aliphatic carbocycles. The highest BCUT2D eigenvalue weighted by molar-refractivity contribution is 5.97. The van der Waals surface area contributed by atoms with Crippen LogP contribution in [-0.2, 0) is 14.3 Å². The minimum absolute atomic E-state index is 0.145. The van der Waals surface area contributed by atoms with E-state index in [0.29, 0.717) is 5.69 Å². The highest BCUT2D eigenvalue weighted by atomic mass is 16.6. The molecule has 0 spiro atoms. The van der Waals surface area contributed by atoms with Gasteiger partial charge >= 0.3 is 12.2 Å². The maximum absolute atomic E-state index is 12.6. The molecular formula is C25H31N3O5. The summed E-state index contributed by atoms with van der Waals surface area (Å²) < 4.78 is 10.5. The van der Waals surface area contributed by atoms with Crippen LogP contribution in [0.2, 0.25) is 0 Å². The molecule has 33 heavy (non-hydrogen) atoms. The topological polar surface area (TPSA) is 106 Å². The predicted molar refractivity (Wildman–Crippen MR) is 126 cm³/mol. The molecule has 176 valence electrons. The smallest absolute Gasteiger partial charge is 0.407 e. The lowest BCUT2D eigenvalue weighted by Crippen LogP contribution is -2.42. The Morgan fingerprint density at radius 3 is 2.36 bits per heavy atom. The first-order valence-corrected chi connectivity index (χ1v) is 10.9. The van der Waals surface area contributed by atoms with Crippen molar-refractivity contribution in [1.82, 2.24) is 10.6 Å². The van der Waals surface area contributed by atoms with Gasteiger partial charge < -0.3 is 25.4 Å². The molecule has 2 unspecified atom stereocenters. The molecule has 2 aromatic carbocycles. The molecule has 8 nitrogen and oxygen atoms in total. The van der Waals surface area contributed by atoms with Crippen LogP contribution in [0.15, 0.2) is 42.5 Å². The Hall–Kier alpha value is -3.55. The summed E-state index contributed by atoms with van der Waals surface area (Å²) in [6.07, 6.45) is -1.13. The van der Waals surface area contributed by atoms with Crippen molar-refractivity contribution < 1.29 is 23.9 Å². The molecule has 0 bridgehead atoms. The minimum Gasteiger partial charge on any atom is -0.449 e. The maximum Gasteiger partial charge on any atom is 0.407 e. The molecule has 0 saturated carbocycles. The quantitative estimate of drug-likeness (QED) is 0.606. The third kappa shape index (κ3) is 6.03. The lowest BCUT2D eigenvalue weighted by molar-refractivity contribution is -0.117. The van der Waals surface area contributed by atoms with Crippen molar-refractivity contribution in [2.75, 3.05) is 25.6 Å². The van der Waals surface area contributed by atoms with Crippen molar-refractivity contribution in [1.29, 1.82) is 0 Å². The van der Waals surface area contributed by atoms with Crippen molar-refractivity contribution in [2.45, 2.75) is 39.7 Å². The summed E-state index contributed by atoms with van der Waals surface area (Å²) in [7, 11) is 1.51. The van der Waals surface area contributed by atoms with E-state index in [4.69, 9.17) is 9.47 Å². The van der Waals surface area contributed by atoms with E-state index in [2.05, 4.69) is 16.0 Å². The Kier molecular flexibility index (Phi) is 7.26. The van der Waals surface area contributed by atoms with E-state index in [9.17, 15) is 14.4 Å². The van der Waals surface area contributed by atoms with Gasteiger partial charge in [0.15, 0.2) is 0 Å². The molecular weight excluding hydrogens is 422 g/mol. The summed E-state index contributed by atoms with van der Waals surface area (Å²) in [5, 5.41) is 7.85. The lowest BCUT2D eigenvalue weighted by atomic mass is 9.97. The van der Waals surface area contributed by atoms with Gasteiger partial charge in [-0.2, -0.15) is 0 Å². The van der Waals surface area contributed by atoms with Gasteiger partial charge in [-0.25, -0.2) is 9.59 Å². The van der Waals surface area contributed by atoms with Crippen LogP contribution in [0.4, 0.5) is 15.3 Å². The van der Waals surface area contributed by atoms with Crippen molar-refractivity contribution in [3.63, 3.8) is 0 Å². The molecule has 3 rings (SSSR count). The number of rotatable bonds is 6. The van der Waals surface area contributed by atoms with Gasteiger partial charge in [-0.15, -0.1) is 0 Å². The lowest BCUT2D eigenvalue weighted by Gasteiger charge is -2.20. The third-order valence-electron chi connectivity index (χ3n) is 5.27. The molecule has 0 aliphatic heterocycles. The Morgan fingerprint density at radius 1 is 0.970 bits per heavy atom. The highest BCUT2D eigenvalue weighted by Crippen LogP contribution is 2.45. The van der Waals surface area contributed by atoms with E-state index in [1.165, 1.54) is 7.05 Å². The first-order valence-electron chi connectivity index (χ1n) is 10.9. The van der Waals surface area contributed by atoms with E-state index in [0.717, 1.165) is 22.3 Å². The fraction of sp³-hybridized carbons (Fsp3) is 0.400. The molecule has 3 N–H and O–H groups in total. The summed E-state index contributed by atoms with van der Waals surface area (Å²) in [5.41, 5.74) is 4.56. The Bertz CT molecular complexity index is 1040. The van der Waals surface area contributed by atoms with Gasteiger partial charge in [0.05, 0.1) is 6.61 Å². The van der Waals surface area contributed by atoms with Crippen LogP contribution in [0.1, 0.15) is 44.7 Å². The van der Waals surface area contributed by atoms with E-state index >= 15 is 0 Å². The summed E-state index contributed by atoms with van der Waals surface area (Å²) >= 11 is 0. The van der Waals surface area contributed by atoms with E-state index in [-0.39, 0.29) is 30.5 Å². The van der Waals surface area contributed by atoms with E-state index in [1.54, 1.807) is 6.92 Å². The fourth-order valence-electron chi connectivity index (χ4n) is 3.62. The van der Waals surface area contributed by atoms with Gasteiger partial charge in [-0.3, -0.25) is 4.79 Å². The Labute approximate surface area is 194 Å². The number of carbonyl (C=O) groups excluding carboxylic acids is 3. The highest BCUT2D eigenvalue weighted by Gasteiger charge is 2.30. The molecule has 0 heterocycles. The van der Waals surface area contributed by atoms with Gasteiger partial charge in [-0.05, 0) is 46.7 Å². The average Bonchev–Trinajstić information content (AvgIpc) is 3.08. The first-order chi connectivity index (χ1) is 15.6. The summed E-state index contributed by atoms with van der Waals surface area (Å²) in [6.45, 7) is 7.88. The minimum atomic E-state index is -0.782. The van der Waals surface area contributed by atoms with Crippen LogP contribution in [0.25, 0.3) is 11.1 Å². The second kappa shape index (κ2) is 9.94. The van der Waals surface area contributed by atoms with Gasteiger partial charge in [0.2, 0.25) is 5.91 Å². The maximum atomic E-state index is 12.6. The Morgan fingerprint density at radius 2 is 1.67 bits per heavy atom. The number of hydrogen-bond donors (Lipinski definition) is 3. The molecule has 0 saturated heterocycles. The number of nitrogens with one attached hydrogen (secondary N) is 3. The van der Waals surface area contributed by atoms with Crippen molar-refractivity contribution in [3.8, 4) is 11.1 Å². The normalized spacial score (nSPS) is 15.0. The van der Waals surface area contributed by atoms with Gasteiger partial charge in [0, 0.05) is 18.7 Å². The SMILES string of the molecule is CNC(=O)OCC1c2ccccc2-c2ccc(NC(=O)C(C)NC(=O)OCC(C)(C)C)cc21. The van der Waals surface area contributed by atoms with E-state index < -0.39 is 18.2 Å².